The van der Waals surface area contributed by atoms with Gasteiger partial charge in [0.05, 0.1) is 17.9 Å². The van der Waals surface area contributed by atoms with Crippen molar-refractivity contribution in [2.24, 2.45) is 5.73 Å². The van der Waals surface area contributed by atoms with Gasteiger partial charge in [-0.1, -0.05) is 5.16 Å². The van der Waals surface area contributed by atoms with Crippen molar-refractivity contribution in [1.82, 2.24) is 10.1 Å². The van der Waals surface area contributed by atoms with Crippen LogP contribution in [0.3, 0.4) is 0 Å². The van der Waals surface area contributed by atoms with Gasteiger partial charge in [0.2, 0.25) is 5.89 Å². The summed E-state index contributed by atoms with van der Waals surface area (Å²) in [5, 5.41) is 4.14. The van der Waals surface area contributed by atoms with Crippen molar-refractivity contribution in [2.45, 2.75) is 41.9 Å². The average Bonchev–Trinajstić information content (AvgIpc) is 2.96. The van der Waals surface area contributed by atoms with Crippen LogP contribution in [0.4, 0.5) is 0 Å². The van der Waals surface area contributed by atoms with Gasteiger partial charge >= 0.3 is 0 Å². The smallest absolute Gasteiger partial charge is 0.239 e. The lowest BCUT2D eigenvalue weighted by atomic mass is 9.77. The molecule has 0 amide bonds. The fourth-order valence-electron chi connectivity index (χ4n) is 2.29. The van der Waals surface area contributed by atoms with Crippen LogP contribution < -0.4 is 10.5 Å². The summed E-state index contributed by atoms with van der Waals surface area (Å²) in [5.41, 5.74) is 5.85. The van der Waals surface area contributed by atoms with Crippen molar-refractivity contribution < 1.29 is 9.26 Å². The normalized spacial score (nSPS) is 18.0. The number of nitrogens with two attached hydrogens (primary N) is 1. The van der Waals surface area contributed by atoms with Crippen molar-refractivity contribution in [3.8, 4) is 5.75 Å². The first-order chi connectivity index (χ1) is 10.1. The summed E-state index contributed by atoms with van der Waals surface area (Å²) in [6.07, 6.45) is 3.01. The highest BCUT2D eigenvalue weighted by atomic mass is 32.2. The maximum atomic E-state index is 6.22. The Morgan fingerprint density at radius 1 is 1.33 bits per heavy atom. The SMILES string of the molecule is COc1ccc(SC(C)c2nc(C3(N)CCC3)no2)cc1. The molecule has 1 aromatic heterocycles. The first-order valence-corrected chi connectivity index (χ1v) is 7.92. The van der Waals surface area contributed by atoms with Gasteiger partial charge in [0, 0.05) is 4.90 Å². The monoisotopic (exact) mass is 305 g/mol. The molecule has 3 rings (SSSR count). The zero-order valence-corrected chi connectivity index (χ0v) is 13.0. The number of aromatic nitrogens is 2. The molecule has 0 radical (unpaired) electrons. The van der Waals surface area contributed by atoms with Gasteiger partial charge < -0.3 is 15.0 Å². The van der Waals surface area contributed by atoms with Gasteiger partial charge in [-0.2, -0.15) is 4.98 Å². The lowest BCUT2D eigenvalue weighted by Crippen LogP contribution is -2.44. The molecule has 21 heavy (non-hydrogen) atoms. The van der Waals surface area contributed by atoms with Crippen molar-refractivity contribution in [1.29, 1.82) is 0 Å². The number of ether oxygens (including phenoxy) is 1. The third-order valence-corrected chi connectivity index (χ3v) is 4.95. The molecule has 0 saturated heterocycles. The van der Waals surface area contributed by atoms with Crippen molar-refractivity contribution >= 4 is 11.8 Å². The van der Waals surface area contributed by atoms with E-state index >= 15 is 0 Å². The minimum atomic E-state index is -0.369. The van der Waals surface area contributed by atoms with Crippen molar-refractivity contribution in [2.75, 3.05) is 7.11 Å². The van der Waals surface area contributed by atoms with Crippen LogP contribution in [-0.4, -0.2) is 17.3 Å². The number of methoxy groups -OCH3 is 1. The Labute approximate surface area is 128 Å². The molecule has 0 bridgehead atoms. The Kier molecular flexibility index (Phi) is 3.91. The molecule has 1 aliphatic rings. The van der Waals surface area contributed by atoms with E-state index in [-0.39, 0.29) is 10.8 Å². The van der Waals surface area contributed by atoms with Crippen LogP contribution >= 0.6 is 11.8 Å². The van der Waals surface area contributed by atoms with Gasteiger partial charge in [-0.15, -0.1) is 11.8 Å². The Hall–Kier alpha value is -1.53. The Bertz CT molecular complexity index is 608. The van der Waals surface area contributed by atoms with E-state index in [4.69, 9.17) is 15.0 Å². The first kappa shape index (κ1) is 14.4. The van der Waals surface area contributed by atoms with E-state index in [1.165, 1.54) is 0 Å². The van der Waals surface area contributed by atoms with E-state index in [1.54, 1.807) is 18.9 Å². The summed E-state index contributed by atoms with van der Waals surface area (Å²) >= 11 is 1.67. The molecule has 1 fully saturated rings. The predicted octanol–water partition coefficient (Wildman–Crippen LogP) is 3.27. The summed E-state index contributed by atoms with van der Waals surface area (Å²) in [6, 6.07) is 7.93. The van der Waals surface area contributed by atoms with Crippen LogP contribution in [0.25, 0.3) is 0 Å². The number of hydrogen-bond acceptors (Lipinski definition) is 6. The lowest BCUT2D eigenvalue weighted by molar-refractivity contribution is 0.229. The summed E-state index contributed by atoms with van der Waals surface area (Å²) in [5.74, 6) is 2.12. The fraction of sp³-hybridized carbons (Fsp3) is 0.467. The molecule has 112 valence electrons. The van der Waals surface area contributed by atoms with Crippen LogP contribution in [0, 0.1) is 0 Å². The van der Waals surface area contributed by atoms with Gasteiger partial charge in [0.25, 0.3) is 0 Å². The maximum Gasteiger partial charge on any atom is 0.239 e. The minimum Gasteiger partial charge on any atom is -0.497 e. The molecule has 2 N–H and O–H groups in total. The van der Waals surface area contributed by atoms with E-state index in [0.29, 0.717) is 11.7 Å². The molecule has 1 saturated carbocycles. The highest BCUT2D eigenvalue weighted by Crippen LogP contribution is 2.39. The van der Waals surface area contributed by atoms with Gasteiger partial charge in [-0.25, -0.2) is 0 Å². The third-order valence-electron chi connectivity index (χ3n) is 3.85. The highest BCUT2D eigenvalue weighted by molar-refractivity contribution is 7.99. The predicted molar refractivity (Wildman–Crippen MR) is 81.3 cm³/mol. The molecular formula is C15H19N3O2S. The Balaban J connectivity index is 1.68. The van der Waals surface area contributed by atoms with Crippen LogP contribution in [0.1, 0.15) is 43.2 Å². The third kappa shape index (κ3) is 2.91. The Morgan fingerprint density at radius 2 is 2.05 bits per heavy atom. The fourth-order valence-corrected chi connectivity index (χ4v) is 3.19. The maximum absolute atomic E-state index is 6.22. The van der Waals surface area contributed by atoms with E-state index in [9.17, 15) is 0 Å². The van der Waals surface area contributed by atoms with E-state index in [1.807, 2.05) is 24.3 Å². The minimum absolute atomic E-state index is 0.0864. The van der Waals surface area contributed by atoms with Crippen LogP contribution in [0.5, 0.6) is 5.75 Å². The molecule has 0 aliphatic heterocycles. The van der Waals surface area contributed by atoms with E-state index < -0.39 is 0 Å². The molecule has 0 spiro atoms. The van der Waals surface area contributed by atoms with Crippen LogP contribution in [0.2, 0.25) is 0 Å². The van der Waals surface area contributed by atoms with E-state index in [0.717, 1.165) is 29.9 Å². The summed E-state index contributed by atoms with van der Waals surface area (Å²) in [7, 11) is 1.66. The molecule has 1 aromatic carbocycles. The molecule has 6 heteroatoms. The quantitative estimate of drug-likeness (QED) is 0.855. The topological polar surface area (TPSA) is 74.2 Å². The second-order valence-corrected chi connectivity index (χ2v) is 6.82. The average molecular weight is 305 g/mol. The van der Waals surface area contributed by atoms with Gasteiger partial charge in [0.1, 0.15) is 5.75 Å². The molecule has 1 aliphatic carbocycles. The van der Waals surface area contributed by atoms with Crippen LogP contribution in [0.15, 0.2) is 33.7 Å². The number of thioether (sulfide) groups is 1. The summed E-state index contributed by atoms with van der Waals surface area (Å²) < 4.78 is 10.5. The largest absolute Gasteiger partial charge is 0.497 e. The van der Waals surface area contributed by atoms with Gasteiger partial charge in [0.15, 0.2) is 5.82 Å². The molecule has 1 heterocycles. The number of benzene rings is 1. The zero-order valence-electron chi connectivity index (χ0n) is 12.2. The number of nitrogens with zero attached hydrogens (tertiary/aromatic N) is 2. The second kappa shape index (κ2) is 5.69. The number of rotatable bonds is 5. The van der Waals surface area contributed by atoms with Gasteiger partial charge in [-0.3, -0.25) is 0 Å². The molecule has 2 aromatic rings. The Morgan fingerprint density at radius 3 is 2.62 bits per heavy atom. The lowest BCUT2D eigenvalue weighted by Gasteiger charge is -2.34. The first-order valence-electron chi connectivity index (χ1n) is 7.04. The molecule has 1 unspecified atom stereocenters. The number of hydrogen-bond donors (Lipinski definition) is 1. The summed E-state index contributed by atoms with van der Waals surface area (Å²) in [6.45, 7) is 2.05. The molecule has 1 atom stereocenters. The van der Waals surface area contributed by atoms with Crippen molar-refractivity contribution in [3.05, 3.63) is 36.0 Å². The standard InChI is InChI=1S/C15H19N3O2S/c1-10(21-12-6-4-11(19-2)5-7-12)13-17-14(18-20-13)15(16)8-3-9-15/h4-7,10H,3,8-9,16H2,1-2H3. The van der Waals surface area contributed by atoms with Crippen molar-refractivity contribution in [3.63, 3.8) is 0 Å². The molecule has 5 nitrogen and oxygen atoms in total. The summed E-state index contributed by atoms with van der Waals surface area (Å²) in [4.78, 5) is 5.62. The second-order valence-electron chi connectivity index (χ2n) is 5.40. The van der Waals surface area contributed by atoms with Crippen LogP contribution in [-0.2, 0) is 5.54 Å². The molecular weight excluding hydrogens is 286 g/mol. The zero-order chi connectivity index (χ0) is 14.9. The highest BCUT2D eigenvalue weighted by Gasteiger charge is 2.39. The van der Waals surface area contributed by atoms with Gasteiger partial charge in [-0.05, 0) is 50.5 Å². The van der Waals surface area contributed by atoms with E-state index in [2.05, 4.69) is 17.1 Å².